The second-order valence-corrected chi connectivity index (χ2v) is 7.92. The van der Waals surface area contributed by atoms with E-state index in [4.69, 9.17) is 4.74 Å². The van der Waals surface area contributed by atoms with E-state index in [9.17, 15) is 9.18 Å². The second-order valence-electron chi connectivity index (χ2n) is 7.92. The molecule has 1 amide bonds. The minimum atomic E-state index is -0.327. The third kappa shape index (κ3) is 4.86. The Hall–Kier alpha value is -3.51. The zero-order valence-electron chi connectivity index (χ0n) is 18.2. The van der Waals surface area contributed by atoms with Gasteiger partial charge in [0.05, 0.1) is 25.4 Å². The largest absolute Gasteiger partial charge is 0.496 e. The van der Waals surface area contributed by atoms with Gasteiger partial charge in [0.25, 0.3) is 5.91 Å². The lowest BCUT2D eigenvalue weighted by Gasteiger charge is -2.25. The van der Waals surface area contributed by atoms with Crippen LogP contribution >= 0.6 is 0 Å². The molecule has 164 valence electrons. The standard InChI is InChI=1S/C26H26FN3O2/c1-29(17-19-9-4-3-5-10-19)18-26(31)30-24(22-13-6-7-14-25(22)32-2)16-23(28-30)20-11-8-12-21(27)15-20/h3-15,24H,16-18H2,1-2H3. The highest BCUT2D eigenvalue weighted by atomic mass is 19.1. The molecule has 0 saturated carbocycles. The van der Waals surface area contributed by atoms with Crippen molar-refractivity contribution in [3.05, 3.63) is 101 Å². The topological polar surface area (TPSA) is 45.1 Å². The van der Waals surface area contributed by atoms with Crippen LogP contribution in [0.4, 0.5) is 4.39 Å². The minimum Gasteiger partial charge on any atom is -0.496 e. The van der Waals surface area contributed by atoms with E-state index in [1.54, 1.807) is 13.2 Å². The molecule has 3 aromatic carbocycles. The summed E-state index contributed by atoms with van der Waals surface area (Å²) in [4.78, 5) is 15.3. The molecule has 1 aliphatic rings. The van der Waals surface area contributed by atoms with E-state index in [2.05, 4.69) is 5.10 Å². The van der Waals surface area contributed by atoms with Crippen molar-refractivity contribution in [1.82, 2.24) is 9.91 Å². The van der Waals surface area contributed by atoms with Crippen LogP contribution in [0.25, 0.3) is 0 Å². The number of hydrogen-bond donors (Lipinski definition) is 0. The molecular formula is C26H26FN3O2. The highest BCUT2D eigenvalue weighted by Crippen LogP contribution is 2.37. The number of benzene rings is 3. The summed E-state index contributed by atoms with van der Waals surface area (Å²) in [6, 6.07) is 23.7. The van der Waals surface area contributed by atoms with Crippen LogP contribution in [0.1, 0.15) is 29.2 Å². The highest BCUT2D eigenvalue weighted by molar-refractivity contribution is 6.03. The number of ether oxygens (including phenoxy) is 1. The zero-order chi connectivity index (χ0) is 22.5. The Bertz CT molecular complexity index is 1120. The summed E-state index contributed by atoms with van der Waals surface area (Å²) in [5.74, 6) is 0.251. The van der Waals surface area contributed by atoms with Gasteiger partial charge < -0.3 is 4.74 Å². The first kappa shape index (κ1) is 21.7. The number of hydrogen-bond acceptors (Lipinski definition) is 4. The molecule has 5 nitrogen and oxygen atoms in total. The van der Waals surface area contributed by atoms with Gasteiger partial charge in [-0.25, -0.2) is 9.40 Å². The molecule has 0 saturated heterocycles. The van der Waals surface area contributed by atoms with Gasteiger partial charge in [-0.2, -0.15) is 5.10 Å². The van der Waals surface area contributed by atoms with Crippen LogP contribution in [0.2, 0.25) is 0 Å². The molecule has 1 aliphatic heterocycles. The highest BCUT2D eigenvalue weighted by Gasteiger charge is 2.35. The Balaban J connectivity index is 1.60. The molecule has 0 bridgehead atoms. The van der Waals surface area contributed by atoms with Gasteiger partial charge in [0.2, 0.25) is 0 Å². The summed E-state index contributed by atoms with van der Waals surface area (Å²) >= 11 is 0. The first-order valence-electron chi connectivity index (χ1n) is 10.6. The lowest BCUT2D eigenvalue weighted by Crippen LogP contribution is -2.36. The Morgan fingerprint density at radius 2 is 1.84 bits per heavy atom. The molecule has 0 aromatic heterocycles. The van der Waals surface area contributed by atoms with Gasteiger partial charge in [-0.15, -0.1) is 0 Å². The van der Waals surface area contributed by atoms with Crippen molar-refractivity contribution < 1.29 is 13.9 Å². The maximum absolute atomic E-state index is 13.8. The van der Waals surface area contributed by atoms with E-state index in [1.165, 1.54) is 17.1 Å². The average Bonchev–Trinajstić information content (AvgIpc) is 3.25. The summed E-state index contributed by atoms with van der Waals surface area (Å²) in [5, 5.41) is 6.17. The molecule has 0 spiro atoms. The normalized spacial score (nSPS) is 15.7. The number of carbonyl (C=O) groups is 1. The maximum Gasteiger partial charge on any atom is 0.257 e. The van der Waals surface area contributed by atoms with Crippen molar-refractivity contribution in [1.29, 1.82) is 0 Å². The molecule has 3 aromatic rings. The number of rotatable bonds is 7. The van der Waals surface area contributed by atoms with Crippen molar-refractivity contribution in [2.24, 2.45) is 5.10 Å². The van der Waals surface area contributed by atoms with Crippen molar-refractivity contribution in [3.8, 4) is 5.75 Å². The summed E-state index contributed by atoms with van der Waals surface area (Å²) in [7, 11) is 3.53. The SMILES string of the molecule is COc1ccccc1C1CC(c2cccc(F)c2)=NN1C(=O)CN(C)Cc1ccccc1. The van der Waals surface area contributed by atoms with Gasteiger partial charge in [0.15, 0.2) is 0 Å². The number of para-hydroxylation sites is 1. The summed E-state index contributed by atoms with van der Waals surface area (Å²) in [6.07, 6.45) is 0.484. The number of methoxy groups -OCH3 is 1. The number of likely N-dealkylation sites (N-methyl/N-ethyl adjacent to an activating group) is 1. The van der Waals surface area contributed by atoms with Crippen LogP contribution in [0.3, 0.4) is 0 Å². The van der Waals surface area contributed by atoms with E-state index >= 15 is 0 Å². The molecule has 0 fully saturated rings. The molecule has 1 heterocycles. The second kappa shape index (κ2) is 9.75. The Labute approximate surface area is 187 Å². The van der Waals surface area contributed by atoms with Crippen molar-refractivity contribution in [3.63, 3.8) is 0 Å². The molecule has 0 radical (unpaired) electrons. The van der Waals surface area contributed by atoms with Gasteiger partial charge in [0, 0.05) is 24.1 Å². The van der Waals surface area contributed by atoms with Crippen LogP contribution in [-0.4, -0.2) is 42.2 Å². The monoisotopic (exact) mass is 431 g/mol. The summed E-state index contributed by atoms with van der Waals surface area (Å²) in [5.41, 5.74) is 3.37. The van der Waals surface area contributed by atoms with E-state index in [0.717, 1.165) is 11.1 Å². The third-order valence-corrected chi connectivity index (χ3v) is 5.52. The van der Waals surface area contributed by atoms with Crippen LogP contribution in [-0.2, 0) is 11.3 Å². The Morgan fingerprint density at radius 1 is 1.09 bits per heavy atom. The zero-order valence-corrected chi connectivity index (χ0v) is 18.2. The van der Waals surface area contributed by atoms with Crippen LogP contribution < -0.4 is 4.74 Å². The lowest BCUT2D eigenvalue weighted by atomic mass is 9.97. The first-order chi connectivity index (χ1) is 15.5. The molecule has 1 unspecified atom stereocenters. The quantitative estimate of drug-likeness (QED) is 0.547. The number of carbonyl (C=O) groups excluding carboxylic acids is 1. The van der Waals surface area contributed by atoms with Crippen LogP contribution in [0.5, 0.6) is 5.75 Å². The summed E-state index contributed by atoms with van der Waals surface area (Å²) < 4.78 is 19.4. The average molecular weight is 432 g/mol. The van der Waals surface area contributed by atoms with Crippen molar-refractivity contribution in [2.75, 3.05) is 20.7 Å². The van der Waals surface area contributed by atoms with Crippen LogP contribution in [0.15, 0.2) is 84.0 Å². The van der Waals surface area contributed by atoms with E-state index in [0.29, 0.717) is 30.0 Å². The van der Waals surface area contributed by atoms with Gasteiger partial charge in [0.1, 0.15) is 11.6 Å². The van der Waals surface area contributed by atoms with Gasteiger partial charge in [-0.05, 0) is 30.8 Å². The molecule has 32 heavy (non-hydrogen) atoms. The van der Waals surface area contributed by atoms with Crippen LogP contribution in [0, 0.1) is 5.82 Å². The van der Waals surface area contributed by atoms with Crippen molar-refractivity contribution >= 4 is 11.6 Å². The third-order valence-electron chi connectivity index (χ3n) is 5.52. The fourth-order valence-corrected chi connectivity index (χ4v) is 4.02. The first-order valence-corrected chi connectivity index (χ1v) is 10.6. The van der Waals surface area contributed by atoms with E-state index in [1.807, 2.05) is 72.6 Å². The van der Waals surface area contributed by atoms with Gasteiger partial charge in [-0.3, -0.25) is 9.69 Å². The van der Waals surface area contributed by atoms with Gasteiger partial charge in [-0.1, -0.05) is 60.7 Å². The number of amides is 1. The van der Waals surface area contributed by atoms with E-state index in [-0.39, 0.29) is 24.3 Å². The minimum absolute atomic E-state index is 0.120. The number of nitrogens with zero attached hydrogens (tertiary/aromatic N) is 3. The fraction of sp³-hybridized carbons (Fsp3) is 0.231. The molecular weight excluding hydrogens is 405 g/mol. The fourth-order valence-electron chi connectivity index (χ4n) is 4.02. The Kier molecular flexibility index (Phi) is 6.61. The predicted molar refractivity (Wildman–Crippen MR) is 123 cm³/mol. The molecule has 0 aliphatic carbocycles. The lowest BCUT2D eigenvalue weighted by molar-refractivity contribution is -0.134. The van der Waals surface area contributed by atoms with Crippen molar-refractivity contribution in [2.45, 2.75) is 19.0 Å². The number of halogens is 1. The molecule has 6 heteroatoms. The summed E-state index contributed by atoms with van der Waals surface area (Å²) in [6.45, 7) is 0.862. The van der Waals surface area contributed by atoms with Gasteiger partial charge >= 0.3 is 0 Å². The Morgan fingerprint density at radius 3 is 2.59 bits per heavy atom. The molecule has 0 N–H and O–H groups in total. The molecule has 4 rings (SSSR count). The predicted octanol–water partition coefficient (Wildman–Crippen LogP) is 4.64. The molecule has 1 atom stereocenters. The maximum atomic E-state index is 13.8. The number of hydrazone groups is 1. The smallest absolute Gasteiger partial charge is 0.257 e. The van der Waals surface area contributed by atoms with E-state index < -0.39 is 0 Å².